The van der Waals surface area contributed by atoms with Crippen molar-refractivity contribution >= 4 is 0 Å². The molecule has 0 saturated carbocycles. The lowest BCUT2D eigenvalue weighted by atomic mass is 9.86. The summed E-state index contributed by atoms with van der Waals surface area (Å²) in [4.78, 5) is 0. The van der Waals surface area contributed by atoms with Gasteiger partial charge in [-0.15, -0.1) is 0 Å². The first kappa shape index (κ1) is 44.0. The van der Waals surface area contributed by atoms with E-state index in [1.54, 1.807) is 0 Å². The minimum Gasteiger partial charge on any atom is -0.0654 e. The summed E-state index contributed by atoms with van der Waals surface area (Å²) < 4.78 is 0. The van der Waals surface area contributed by atoms with Crippen LogP contribution in [0.1, 0.15) is 265 Å². The van der Waals surface area contributed by atoms with Gasteiger partial charge in [0.2, 0.25) is 0 Å². The Morgan fingerprint density at radius 1 is 0.250 bits per heavy atom. The van der Waals surface area contributed by atoms with Gasteiger partial charge in [-0.2, -0.15) is 0 Å². The highest BCUT2D eigenvalue weighted by atomic mass is 14.2. The quantitative estimate of drug-likeness (QED) is 0.0602. The first-order valence-corrected chi connectivity index (χ1v) is 21.6. The molecule has 2 atom stereocenters. The van der Waals surface area contributed by atoms with Crippen molar-refractivity contribution in [1.82, 2.24) is 0 Å². The molecule has 0 saturated heterocycles. The zero-order valence-corrected chi connectivity index (χ0v) is 31.9. The van der Waals surface area contributed by atoms with Gasteiger partial charge in [0.15, 0.2) is 0 Å². The van der Waals surface area contributed by atoms with Gasteiger partial charge < -0.3 is 0 Å². The van der Waals surface area contributed by atoms with E-state index in [0.717, 1.165) is 11.8 Å². The van der Waals surface area contributed by atoms with Gasteiger partial charge in [-0.05, 0) is 31.1 Å². The molecule has 0 aliphatic carbocycles. The van der Waals surface area contributed by atoms with E-state index in [1.807, 2.05) is 0 Å². The fourth-order valence-corrected chi connectivity index (χ4v) is 7.42. The first-order valence-electron chi connectivity index (χ1n) is 21.6. The van der Waals surface area contributed by atoms with Gasteiger partial charge in [-0.1, -0.05) is 252 Å². The summed E-state index contributed by atoms with van der Waals surface area (Å²) in [6.07, 6.45) is 56.9. The Kier molecular flexibility index (Phi) is 39.2. The smallest absolute Gasteiger partial charge is 0.0380 e. The molecule has 0 aliphatic heterocycles. The molecule has 0 aliphatic rings. The van der Waals surface area contributed by atoms with Crippen molar-refractivity contribution in [3.05, 3.63) is 6.42 Å². The van der Waals surface area contributed by atoms with E-state index in [9.17, 15) is 0 Å². The molecule has 0 rings (SSSR count). The summed E-state index contributed by atoms with van der Waals surface area (Å²) >= 11 is 0. The van der Waals surface area contributed by atoms with Crippen molar-refractivity contribution in [1.29, 1.82) is 0 Å². The summed E-state index contributed by atoms with van der Waals surface area (Å²) in [6.45, 7) is 9.36. The molecule has 0 heterocycles. The van der Waals surface area contributed by atoms with Crippen LogP contribution in [0.3, 0.4) is 0 Å². The number of hydrogen-bond donors (Lipinski definition) is 0. The Morgan fingerprint density at radius 3 is 0.682 bits per heavy atom. The Hall–Kier alpha value is 0. The van der Waals surface area contributed by atoms with Gasteiger partial charge in [0.1, 0.15) is 0 Å². The summed E-state index contributed by atoms with van der Waals surface area (Å²) in [5.74, 6) is 1.94. The lowest BCUT2D eigenvalue weighted by molar-refractivity contribution is 0.367. The lowest BCUT2D eigenvalue weighted by Crippen LogP contribution is -2.06. The molecule has 0 bridgehead atoms. The van der Waals surface area contributed by atoms with Gasteiger partial charge >= 0.3 is 0 Å². The van der Waals surface area contributed by atoms with Gasteiger partial charge in [-0.25, -0.2) is 0 Å². The van der Waals surface area contributed by atoms with E-state index in [4.69, 9.17) is 0 Å². The van der Waals surface area contributed by atoms with E-state index in [2.05, 4.69) is 34.1 Å². The molecule has 1 radical (unpaired) electrons. The van der Waals surface area contributed by atoms with Crippen LogP contribution < -0.4 is 0 Å². The summed E-state index contributed by atoms with van der Waals surface area (Å²) in [6, 6.07) is 0. The molecule has 0 heteroatoms. The molecule has 0 nitrogen and oxygen atoms in total. The van der Waals surface area contributed by atoms with Gasteiger partial charge in [-0.3, -0.25) is 0 Å². The fourth-order valence-electron chi connectivity index (χ4n) is 7.42. The van der Waals surface area contributed by atoms with Crippen molar-refractivity contribution in [3.63, 3.8) is 0 Å². The molecule has 0 fully saturated rings. The van der Waals surface area contributed by atoms with Crippen molar-refractivity contribution in [2.24, 2.45) is 11.8 Å². The van der Waals surface area contributed by atoms with Crippen LogP contribution in [0.15, 0.2) is 0 Å². The van der Waals surface area contributed by atoms with Crippen molar-refractivity contribution in [2.75, 3.05) is 0 Å². The molecule has 265 valence electrons. The highest BCUT2D eigenvalue weighted by Crippen LogP contribution is 2.28. The molecule has 44 heavy (non-hydrogen) atoms. The molecule has 0 aromatic heterocycles. The predicted molar refractivity (Wildman–Crippen MR) is 205 cm³/mol. The zero-order valence-electron chi connectivity index (χ0n) is 31.9. The maximum Gasteiger partial charge on any atom is -0.0380 e. The normalized spacial score (nSPS) is 13.1. The van der Waals surface area contributed by atoms with Crippen LogP contribution in [-0.4, -0.2) is 0 Å². The Balaban J connectivity index is 4.07. The van der Waals surface area contributed by atoms with Crippen LogP contribution in [0, 0.1) is 18.3 Å². The Bertz CT molecular complexity index is 480. The third kappa shape index (κ3) is 34.9. The van der Waals surface area contributed by atoms with Crippen LogP contribution in [-0.2, 0) is 0 Å². The van der Waals surface area contributed by atoms with E-state index in [1.165, 1.54) is 238 Å². The summed E-state index contributed by atoms with van der Waals surface area (Å²) in [7, 11) is 0. The number of rotatable bonds is 39. The van der Waals surface area contributed by atoms with Crippen LogP contribution in [0.4, 0.5) is 0 Å². The maximum atomic E-state index is 2.77. The first-order chi connectivity index (χ1) is 21.8. The fraction of sp³-hybridized carbons (Fsp3) is 0.977. The molecule has 0 aromatic carbocycles. The zero-order chi connectivity index (χ0) is 32.0. The third-order valence-electron chi connectivity index (χ3n) is 10.6. The summed E-state index contributed by atoms with van der Waals surface area (Å²) in [5, 5.41) is 0. The van der Waals surface area contributed by atoms with Crippen molar-refractivity contribution in [2.45, 2.75) is 265 Å². The van der Waals surface area contributed by atoms with E-state index >= 15 is 0 Å². The minimum atomic E-state index is 0.970. The van der Waals surface area contributed by atoms with Gasteiger partial charge in [0, 0.05) is 0 Å². The monoisotopic (exact) mass is 618 g/mol. The molecular weight excluding hydrogens is 528 g/mol. The lowest BCUT2D eigenvalue weighted by Gasteiger charge is -2.20. The van der Waals surface area contributed by atoms with Crippen LogP contribution >= 0.6 is 0 Å². The highest BCUT2D eigenvalue weighted by Gasteiger charge is 2.13. The van der Waals surface area contributed by atoms with E-state index in [0.29, 0.717) is 0 Å². The van der Waals surface area contributed by atoms with Crippen molar-refractivity contribution < 1.29 is 0 Å². The van der Waals surface area contributed by atoms with Crippen LogP contribution in [0.2, 0.25) is 0 Å². The molecule has 2 unspecified atom stereocenters. The largest absolute Gasteiger partial charge is 0.0654 e. The molecule has 0 spiro atoms. The second-order valence-corrected chi connectivity index (χ2v) is 15.2. The number of unbranched alkanes of at least 4 members (excludes halogenated alkanes) is 27. The average molecular weight is 618 g/mol. The highest BCUT2D eigenvalue weighted by molar-refractivity contribution is 4.76. The second kappa shape index (κ2) is 39.2. The number of hydrogen-bond acceptors (Lipinski definition) is 0. The molecule has 0 N–H and O–H groups in total. The topological polar surface area (TPSA) is 0 Å². The molecule has 0 aromatic rings. The van der Waals surface area contributed by atoms with E-state index in [-0.39, 0.29) is 0 Å². The van der Waals surface area contributed by atoms with Crippen molar-refractivity contribution in [3.8, 4) is 0 Å². The SMILES string of the molecule is CCCCCCCCCCCCCCCC(C[CH]CC(CCCCC)CCCCCCCCCCCCCC)CCCCC. The summed E-state index contributed by atoms with van der Waals surface area (Å²) in [5.41, 5.74) is 0. The Morgan fingerprint density at radius 2 is 0.432 bits per heavy atom. The maximum absolute atomic E-state index is 2.77. The molecular formula is C44H89. The molecule has 0 amide bonds. The van der Waals surface area contributed by atoms with E-state index < -0.39 is 0 Å². The van der Waals surface area contributed by atoms with Crippen LogP contribution in [0.5, 0.6) is 0 Å². The third-order valence-corrected chi connectivity index (χ3v) is 10.6. The van der Waals surface area contributed by atoms with Crippen LogP contribution in [0.25, 0.3) is 0 Å². The standard InChI is InChI=1S/C44H89/c1-5-9-13-15-17-19-21-23-25-27-29-31-35-40-44(38-33-12-8-4)42-36-41-43(37-32-11-7-3)39-34-30-28-26-24-22-20-18-16-14-10-6-2/h36,43-44H,5-35,37-42H2,1-4H3. The second-order valence-electron chi connectivity index (χ2n) is 15.2. The Labute approximate surface area is 282 Å². The minimum absolute atomic E-state index is 0.970. The van der Waals surface area contributed by atoms with Gasteiger partial charge in [0.25, 0.3) is 0 Å². The van der Waals surface area contributed by atoms with Gasteiger partial charge in [0.05, 0.1) is 0 Å². The average Bonchev–Trinajstić information content (AvgIpc) is 3.03. The predicted octanol–water partition coefficient (Wildman–Crippen LogP) is 16.9.